The van der Waals surface area contributed by atoms with E-state index in [0.29, 0.717) is 11.1 Å². The summed E-state index contributed by atoms with van der Waals surface area (Å²) >= 11 is 3.38. The molecule has 2 aromatic rings. The molecule has 2 heterocycles. The summed E-state index contributed by atoms with van der Waals surface area (Å²) in [7, 11) is 0. The molecule has 4 rings (SSSR count). The maximum Gasteiger partial charge on any atom is 0.254 e. The Balaban J connectivity index is 1.57. The number of fused-ring (bicyclic) bond motifs is 2. The molecule has 1 aliphatic carbocycles. The number of nitrogens with zero attached hydrogens (tertiary/aromatic N) is 3. The number of benzene rings is 1. The Morgan fingerprint density at radius 3 is 2.70 bits per heavy atom. The van der Waals surface area contributed by atoms with Crippen LogP contribution in [-0.2, 0) is 10.2 Å². The molecule has 1 aromatic carbocycles. The fourth-order valence-corrected chi connectivity index (χ4v) is 4.13. The van der Waals surface area contributed by atoms with E-state index in [4.69, 9.17) is 0 Å². The largest absolute Gasteiger partial charge is 0.328 e. The molecule has 1 aromatic heterocycles. The minimum Gasteiger partial charge on any atom is -0.328 e. The van der Waals surface area contributed by atoms with Crippen molar-refractivity contribution in [3.8, 4) is 0 Å². The van der Waals surface area contributed by atoms with E-state index in [0.717, 1.165) is 16.9 Å². The highest BCUT2D eigenvalue weighted by atomic mass is 79.9. The highest BCUT2D eigenvalue weighted by molar-refractivity contribution is 9.10. The fourth-order valence-electron chi connectivity index (χ4n) is 3.77. The number of hydrogen-bond donors (Lipinski definition) is 1. The Morgan fingerprint density at radius 2 is 2.07 bits per heavy atom. The van der Waals surface area contributed by atoms with Crippen molar-refractivity contribution in [1.29, 1.82) is 0 Å². The van der Waals surface area contributed by atoms with Gasteiger partial charge in [-0.15, -0.1) is 0 Å². The van der Waals surface area contributed by atoms with Crippen LogP contribution in [0.1, 0.15) is 22.8 Å². The van der Waals surface area contributed by atoms with Gasteiger partial charge < -0.3 is 4.90 Å². The Kier molecular flexibility index (Phi) is 4.21. The zero-order chi connectivity index (χ0) is 19.3. The van der Waals surface area contributed by atoms with Gasteiger partial charge in [-0.25, -0.2) is 18.7 Å². The summed E-state index contributed by atoms with van der Waals surface area (Å²) in [5.74, 6) is -1.79. The van der Waals surface area contributed by atoms with Crippen molar-refractivity contribution >= 4 is 33.7 Å². The first-order valence-corrected chi connectivity index (χ1v) is 9.13. The van der Waals surface area contributed by atoms with Crippen molar-refractivity contribution in [1.82, 2.24) is 14.9 Å². The standard InChI is InChI=1S/C18H15BrF2N4O2/c1-9-15(21)18(9)8-25(16(27)12-3-2-10(19)4-13(12)18)7-14(26)24-17-22-5-11(20)6-23-17/h2-6,9,15H,7-8H2,1H3,(H,22,23,24,26)/t9-,15-,18-/m1/s1. The van der Waals surface area contributed by atoms with Crippen molar-refractivity contribution in [2.75, 3.05) is 18.4 Å². The third kappa shape index (κ3) is 2.90. The molecule has 1 N–H and O–H groups in total. The van der Waals surface area contributed by atoms with Crippen molar-refractivity contribution in [2.24, 2.45) is 5.92 Å². The van der Waals surface area contributed by atoms with Gasteiger partial charge in [-0.2, -0.15) is 0 Å². The van der Waals surface area contributed by atoms with Gasteiger partial charge in [-0.1, -0.05) is 22.9 Å². The first-order chi connectivity index (χ1) is 12.8. The molecular weight excluding hydrogens is 422 g/mol. The number of carbonyl (C=O) groups excluding carboxylic acids is 2. The summed E-state index contributed by atoms with van der Waals surface area (Å²) in [4.78, 5) is 33.8. The number of anilines is 1. The van der Waals surface area contributed by atoms with E-state index >= 15 is 0 Å². The van der Waals surface area contributed by atoms with Crippen molar-refractivity contribution in [3.63, 3.8) is 0 Å². The molecule has 140 valence electrons. The van der Waals surface area contributed by atoms with Crippen LogP contribution >= 0.6 is 15.9 Å². The van der Waals surface area contributed by atoms with Gasteiger partial charge in [0.15, 0.2) is 5.82 Å². The van der Waals surface area contributed by atoms with E-state index in [1.54, 1.807) is 25.1 Å². The summed E-state index contributed by atoms with van der Waals surface area (Å²) in [6.07, 6.45) is 0.777. The van der Waals surface area contributed by atoms with Crippen LogP contribution in [0.5, 0.6) is 0 Å². The van der Waals surface area contributed by atoms with Gasteiger partial charge in [0, 0.05) is 22.5 Å². The average Bonchev–Trinajstić information content (AvgIpc) is 3.15. The maximum absolute atomic E-state index is 14.6. The topological polar surface area (TPSA) is 75.2 Å². The summed E-state index contributed by atoms with van der Waals surface area (Å²) < 4.78 is 28.2. The molecule has 1 fully saturated rings. The SMILES string of the molecule is C[C@@H]1[C@@H](F)[C@]12CN(CC(=O)Nc1ncc(F)cn1)C(=O)c1ccc(Br)cc12. The monoisotopic (exact) mass is 436 g/mol. The van der Waals surface area contributed by atoms with Crippen molar-refractivity contribution in [3.05, 3.63) is 52.0 Å². The third-order valence-corrected chi connectivity index (χ3v) is 5.79. The molecule has 2 amide bonds. The van der Waals surface area contributed by atoms with Crippen LogP contribution < -0.4 is 5.32 Å². The van der Waals surface area contributed by atoms with E-state index in [1.165, 1.54) is 4.90 Å². The van der Waals surface area contributed by atoms with Gasteiger partial charge in [-0.05, 0) is 23.8 Å². The molecule has 0 bridgehead atoms. The lowest BCUT2D eigenvalue weighted by Crippen LogP contribution is -2.48. The Bertz CT molecular complexity index is 929. The molecule has 0 saturated heterocycles. The Hall–Kier alpha value is -2.42. The van der Waals surface area contributed by atoms with Crippen LogP contribution in [0.25, 0.3) is 0 Å². The van der Waals surface area contributed by atoms with Crippen LogP contribution in [-0.4, -0.2) is 45.9 Å². The number of halogens is 3. The summed E-state index contributed by atoms with van der Waals surface area (Å²) in [6, 6.07) is 5.15. The van der Waals surface area contributed by atoms with Gasteiger partial charge in [-0.3, -0.25) is 14.9 Å². The quantitative estimate of drug-likeness (QED) is 0.802. The third-order valence-electron chi connectivity index (χ3n) is 5.29. The molecule has 1 saturated carbocycles. The number of rotatable bonds is 3. The summed E-state index contributed by atoms with van der Waals surface area (Å²) in [6.45, 7) is 1.65. The van der Waals surface area contributed by atoms with E-state index in [-0.39, 0.29) is 30.9 Å². The second kappa shape index (κ2) is 6.33. The lowest BCUT2D eigenvalue weighted by Gasteiger charge is -2.34. The second-order valence-electron chi connectivity index (χ2n) is 6.85. The van der Waals surface area contributed by atoms with Crippen LogP contribution in [0.3, 0.4) is 0 Å². The van der Waals surface area contributed by atoms with Gasteiger partial charge in [0.05, 0.1) is 17.8 Å². The summed E-state index contributed by atoms with van der Waals surface area (Å²) in [5.41, 5.74) is 0.294. The minimum absolute atomic E-state index is 0.0620. The zero-order valence-corrected chi connectivity index (χ0v) is 15.8. The van der Waals surface area contributed by atoms with Crippen LogP contribution in [0.4, 0.5) is 14.7 Å². The molecule has 27 heavy (non-hydrogen) atoms. The fraction of sp³-hybridized carbons (Fsp3) is 0.333. The van der Waals surface area contributed by atoms with Crippen LogP contribution in [0.2, 0.25) is 0 Å². The Labute approximate surface area is 162 Å². The number of alkyl halides is 1. The molecule has 0 unspecified atom stereocenters. The van der Waals surface area contributed by atoms with Gasteiger partial charge in [0.25, 0.3) is 5.91 Å². The first-order valence-electron chi connectivity index (χ1n) is 8.33. The lowest BCUT2D eigenvalue weighted by molar-refractivity contribution is -0.117. The normalized spacial score (nSPS) is 26.1. The molecule has 0 radical (unpaired) electrons. The molecule has 1 spiro atoms. The Morgan fingerprint density at radius 1 is 1.41 bits per heavy atom. The molecular formula is C18H15BrF2N4O2. The molecule has 3 atom stereocenters. The minimum atomic E-state index is -1.08. The van der Waals surface area contributed by atoms with Gasteiger partial charge in [0.1, 0.15) is 12.7 Å². The molecule has 9 heteroatoms. The second-order valence-corrected chi connectivity index (χ2v) is 7.77. The number of hydrogen-bond acceptors (Lipinski definition) is 4. The van der Waals surface area contributed by atoms with Crippen molar-refractivity contribution < 1.29 is 18.4 Å². The van der Waals surface area contributed by atoms with E-state index < -0.39 is 23.3 Å². The number of carbonyl (C=O) groups is 2. The first kappa shape index (κ1) is 18.0. The highest BCUT2D eigenvalue weighted by Gasteiger charge is 2.67. The van der Waals surface area contributed by atoms with Gasteiger partial charge in [0.2, 0.25) is 11.9 Å². The van der Waals surface area contributed by atoms with E-state index in [2.05, 4.69) is 31.2 Å². The van der Waals surface area contributed by atoms with E-state index in [9.17, 15) is 18.4 Å². The average molecular weight is 437 g/mol. The van der Waals surface area contributed by atoms with Crippen molar-refractivity contribution in [2.45, 2.75) is 18.5 Å². The molecule has 6 nitrogen and oxygen atoms in total. The van der Waals surface area contributed by atoms with Gasteiger partial charge >= 0.3 is 0 Å². The number of nitrogens with one attached hydrogen (secondary N) is 1. The summed E-state index contributed by atoms with van der Waals surface area (Å²) in [5, 5.41) is 2.42. The predicted octanol–water partition coefficient (Wildman–Crippen LogP) is 2.70. The number of amides is 2. The number of aromatic nitrogens is 2. The van der Waals surface area contributed by atoms with Crippen LogP contribution in [0, 0.1) is 11.7 Å². The lowest BCUT2D eigenvalue weighted by atomic mass is 9.84. The predicted molar refractivity (Wildman–Crippen MR) is 96.4 cm³/mol. The van der Waals surface area contributed by atoms with E-state index in [1.807, 2.05) is 0 Å². The molecule has 2 aliphatic rings. The maximum atomic E-state index is 14.6. The highest BCUT2D eigenvalue weighted by Crippen LogP contribution is 2.59. The zero-order valence-electron chi connectivity index (χ0n) is 14.2. The smallest absolute Gasteiger partial charge is 0.254 e. The molecule has 1 aliphatic heterocycles. The van der Waals surface area contributed by atoms with Crippen LogP contribution in [0.15, 0.2) is 35.1 Å².